The van der Waals surface area contributed by atoms with Crippen LogP contribution >= 0.6 is 12.2 Å². The number of ether oxygens (including phenoxy) is 1. The molecule has 0 aliphatic rings. The Kier molecular flexibility index (Phi) is 8.55. The number of nitrogens with one attached hydrogen (secondary N) is 3. The first-order chi connectivity index (χ1) is 15.9. The highest BCUT2D eigenvalue weighted by atomic mass is 32.1. The van der Waals surface area contributed by atoms with Crippen LogP contribution in [0.2, 0.25) is 0 Å². The summed E-state index contributed by atoms with van der Waals surface area (Å²) >= 11 is 5.29. The minimum atomic E-state index is -0.358. The van der Waals surface area contributed by atoms with Gasteiger partial charge in [-0.1, -0.05) is 56.3 Å². The highest BCUT2D eigenvalue weighted by molar-refractivity contribution is 7.80. The molecule has 0 saturated heterocycles. The van der Waals surface area contributed by atoms with Gasteiger partial charge in [0, 0.05) is 23.7 Å². The summed E-state index contributed by atoms with van der Waals surface area (Å²) in [5.74, 6) is -0.0125. The average Bonchev–Trinajstić information content (AvgIpc) is 2.81. The molecule has 0 aliphatic heterocycles. The standard InChI is InChI=1S/C26H27N3O3S/c1-18(2)24(30)27-20-12-14-21(15-13-20)28-26(33)29-25(31)22-10-6-7-11-23(22)32-17-16-19-8-4-3-5-9-19/h3-15,18H,16-17H2,1-2H3,(H,27,30)(H2,28,29,31,33). The number of anilines is 2. The van der Waals surface area contributed by atoms with Crippen LogP contribution in [0.3, 0.4) is 0 Å². The Labute approximate surface area is 199 Å². The molecular weight excluding hydrogens is 434 g/mol. The summed E-state index contributed by atoms with van der Waals surface area (Å²) in [7, 11) is 0. The third-order valence-electron chi connectivity index (χ3n) is 4.78. The summed E-state index contributed by atoms with van der Waals surface area (Å²) in [5, 5.41) is 8.65. The van der Waals surface area contributed by atoms with E-state index >= 15 is 0 Å². The van der Waals surface area contributed by atoms with E-state index in [0.29, 0.717) is 29.3 Å². The smallest absolute Gasteiger partial charge is 0.261 e. The largest absolute Gasteiger partial charge is 0.492 e. The summed E-state index contributed by atoms with van der Waals surface area (Å²) in [5.41, 5.74) is 2.95. The van der Waals surface area contributed by atoms with Gasteiger partial charge in [0.05, 0.1) is 12.2 Å². The molecule has 0 fully saturated rings. The molecule has 2 amide bonds. The van der Waals surface area contributed by atoms with Crippen molar-refractivity contribution in [3.8, 4) is 5.75 Å². The van der Waals surface area contributed by atoms with E-state index in [1.807, 2.05) is 50.2 Å². The summed E-state index contributed by atoms with van der Waals surface area (Å²) in [6.45, 7) is 4.12. The van der Waals surface area contributed by atoms with Crippen LogP contribution in [0.15, 0.2) is 78.9 Å². The van der Waals surface area contributed by atoms with Crippen LogP contribution in [0.5, 0.6) is 5.75 Å². The number of amides is 2. The lowest BCUT2D eigenvalue weighted by Gasteiger charge is -2.13. The van der Waals surface area contributed by atoms with Crippen LogP contribution in [0.1, 0.15) is 29.8 Å². The molecule has 3 N–H and O–H groups in total. The van der Waals surface area contributed by atoms with Crippen LogP contribution in [0, 0.1) is 5.92 Å². The molecule has 3 aromatic rings. The quantitative estimate of drug-likeness (QED) is 0.410. The molecule has 0 radical (unpaired) electrons. The Bertz CT molecular complexity index is 1100. The minimum Gasteiger partial charge on any atom is -0.492 e. The molecule has 3 aromatic carbocycles. The van der Waals surface area contributed by atoms with Gasteiger partial charge in [0.2, 0.25) is 5.91 Å². The van der Waals surface area contributed by atoms with Gasteiger partial charge in [-0.15, -0.1) is 0 Å². The van der Waals surface area contributed by atoms with E-state index < -0.39 is 0 Å². The molecule has 0 heterocycles. The van der Waals surface area contributed by atoms with E-state index in [0.717, 1.165) is 6.42 Å². The van der Waals surface area contributed by atoms with Crippen molar-refractivity contribution in [2.75, 3.05) is 17.2 Å². The van der Waals surface area contributed by atoms with Gasteiger partial charge in [-0.05, 0) is 54.2 Å². The van der Waals surface area contributed by atoms with E-state index in [2.05, 4.69) is 16.0 Å². The van der Waals surface area contributed by atoms with E-state index in [1.54, 1.807) is 42.5 Å². The molecule has 33 heavy (non-hydrogen) atoms. The maximum atomic E-state index is 12.8. The van der Waals surface area contributed by atoms with Crippen molar-refractivity contribution in [1.29, 1.82) is 0 Å². The molecule has 3 rings (SSSR count). The third kappa shape index (κ3) is 7.43. The monoisotopic (exact) mass is 461 g/mol. The maximum absolute atomic E-state index is 12.8. The van der Waals surface area contributed by atoms with Crippen molar-refractivity contribution in [2.45, 2.75) is 20.3 Å². The topological polar surface area (TPSA) is 79.5 Å². The lowest BCUT2D eigenvalue weighted by atomic mass is 10.1. The molecule has 7 heteroatoms. The molecule has 0 aliphatic carbocycles. The first kappa shape index (κ1) is 23.9. The second-order valence-corrected chi connectivity index (χ2v) is 8.12. The summed E-state index contributed by atoms with van der Waals surface area (Å²) in [6, 6.07) is 24.2. The normalized spacial score (nSPS) is 10.4. The molecule has 0 atom stereocenters. The van der Waals surface area contributed by atoms with Crippen LogP contribution in [-0.2, 0) is 11.2 Å². The van der Waals surface area contributed by atoms with E-state index in [1.165, 1.54) is 5.56 Å². The molecule has 0 aromatic heterocycles. The zero-order chi connectivity index (χ0) is 23.6. The highest BCUT2D eigenvalue weighted by Crippen LogP contribution is 2.19. The van der Waals surface area contributed by atoms with Crippen LogP contribution < -0.4 is 20.7 Å². The van der Waals surface area contributed by atoms with Gasteiger partial charge in [-0.2, -0.15) is 0 Å². The Morgan fingerprint density at radius 2 is 1.45 bits per heavy atom. The summed E-state index contributed by atoms with van der Waals surface area (Å²) < 4.78 is 5.86. The van der Waals surface area contributed by atoms with Gasteiger partial charge in [-0.3, -0.25) is 14.9 Å². The fourth-order valence-corrected chi connectivity index (χ4v) is 3.17. The molecule has 0 spiro atoms. The predicted octanol–water partition coefficient (Wildman–Crippen LogP) is 5.03. The number of thiocarbonyl (C=S) groups is 1. The zero-order valence-corrected chi connectivity index (χ0v) is 19.4. The maximum Gasteiger partial charge on any atom is 0.261 e. The fraction of sp³-hybridized carbons (Fsp3) is 0.192. The first-order valence-corrected chi connectivity index (χ1v) is 11.1. The number of carbonyl (C=O) groups is 2. The molecule has 6 nitrogen and oxygen atoms in total. The van der Waals surface area contributed by atoms with Gasteiger partial charge in [0.25, 0.3) is 5.91 Å². The third-order valence-corrected chi connectivity index (χ3v) is 4.99. The van der Waals surface area contributed by atoms with Crippen molar-refractivity contribution in [2.24, 2.45) is 5.92 Å². The van der Waals surface area contributed by atoms with Crippen molar-refractivity contribution < 1.29 is 14.3 Å². The first-order valence-electron chi connectivity index (χ1n) is 10.7. The molecule has 170 valence electrons. The number of hydrogen-bond donors (Lipinski definition) is 3. The Morgan fingerprint density at radius 3 is 2.12 bits per heavy atom. The lowest BCUT2D eigenvalue weighted by Crippen LogP contribution is -2.34. The summed E-state index contributed by atoms with van der Waals surface area (Å²) in [4.78, 5) is 24.6. The van der Waals surface area contributed by atoms with Gasteiger partial charge in [-0.25, -0.2) is 0 Å². The van der Waals surface area contributed by atoms with E-state index in [9.17, 15) is 9.59 Å². The van der Waals surface area contributed by atoms with Gasteiger partial charge >= 0.3 is 0 Å². The number of hydrogen-bond acceptors (Lipinski definition) is 4. The van der Waals surface area contributed by atoms with E-state index in [4.69, 9.17) is 17.0 Å². The van der Waals surface area contributed by atoms with Crippen LogP contribution in [-0.4, -0.2) is 23.5 Å². The second kappa shape index (κ2) is 11.8. The predicted molar refractivity (Wildman–Crippen MR) is 136 cm³/mol. The van der Waals surface area contributed by atoms with Gasteiger partial charge in [0.1, 0.15) is 5.75 Å². The highest BCUT2D eigenvalue weighted by Gasteiger charge is 2.14. The fourth-order valence-electron chi connectivity index (χ4n) is 2.96. The number of carbonyl (C=O) groups excluding carboxylic acids is 2. The van der Waals surface area contributed by atoms with Gasteiger partial charge in [0.15, 0.2) is 5.11 Å². The second-order valence-electron chi connectivity index (χ2n) is 7.71. The Balaban J connectivity index is 1.54. The molecule has 0 bridgehead atoms. The van der Waals surface area contributed by atoms with E-state index in [-0.39, 0.29) is 22.8 Å². The lowest BCUT2D eigenvalue weighted by molar-refractivity contribution is -0.118. The number of benzene rings is 3. The minimum absolute atomic E-state index is 0.0526. The van der Waals surface area contributed by atoms with Crippen molar-refractivity contribution in [3.05, 3.63) is 90.0 Å². The molecule has 0 unspecified atom stereocenters. The average molecular weight is 462 g/mol. The Morgan fingerprint density at radius 1 is 0.848 bits per heavy atom. The number of rotatable bonds is 8. The SMILES string of the molecule is CC(C)C(=O)Nc1ccc(NC(=S)NC(=O)c2ccccc2OCCc2ccccc2)cc1. The van der Waals surface area contributed by atoms with Gasteiger partial charge < -0.3 is 15.4 Å². The summed E-state index contributed by atoms with van der Waals surface area (Å²) in [6.07, 6.45) is 0.740. The van der Waals surface area contributed by atoms with Crippen molar-refractivity contribution >= 4 is 40.5 Å². The molecule has 0 saturated carbocycles. The Hall–Kier alpha value is -3.71. The molecular formula is C26H27N3O3S. The zero-order valence-electron chi connectivity index (χ0n) is 18.6. The van der Waals surface area contributed by atoms with Crippen molar-refractivity contribution in [1.82, 2.24) is 5.32 Å². The van der Waals surface area contributed by atoms with Crippen LogP contribution in [0.25, 0.3) is 0 Å². The van der Waals surface area contributed by atoms with Crippen molar-refractivity contribution in [3.63, 3.8) is 0 Å². The number of para-hydroxylation sites is 1. The van der Waals surface area contributed by atoms with Crippen LogP contribution in [0.4, 0.5) is 11.4 Å².